The highest BCUT2D eigenvalue weighted by Gasteiger charge is 2.36. The van der Waals surface area contributed by atoms with Gasteiger partial charge in [-0.15, -0.1) is 0 Å². The summed E-state index contributed by atoms with van der Waals surface area (Å²) < 4.78 is 0. The molecule has 0 aliphatic carbocycles. The van der Waals surface area contributed by atoms with Gasteiger partial charge < -0.3 is 31.5 Å². The minimum absolute atomic E-state index is 0.255. The molecule has 1 fully saturated rings. The number of carboxylic acid groups (broad SMARTS) is 1. The Bertz CT molecular complexity index is 541. The maximum atomic E-state index is 12.3. The third kappa shape index (κ3) is 5.67. The summed E-state index contributed by atoms with van der Waals surface area (Å²) in [5.41, 5.74) is 5.51. The van der Waals surface area contributed by atoms with E-state index < -0.39 is 48.4 Å². The molecule has 0 aromatic carbocycles. The number of carboxylic acids is 1. The molecule has 148 valence electrons. The van der Waals surface area contributed by atoms with Gasteiger partial charge in [0.25, 0.3) is 0 Å². The molecule has 0 aromatic rings. The Morgan fingerprint density at radius 2 is 1.96 bits per heavy atom. The molecule has 6 N–H and O–H groups in total. The quantitative estimate of drug-likeness (QED) is 0.313. The number of nitrogens with zero attached hydrogens (tertiary/aromatic N) is 1. The molecule has 10 nitrogen and oxygen atoms in total. The van der Waals surface area contributed by atoms with Gasteiger partial charge in [-0.1, -0.05) is 20.3 Å². The molecule has 1 heterocycles. The monoisotopic (exact) mass is 372 g/mol. The number of rotatable bonds is 9. The van der Waals surface area contributed by atoms with Gasteiger partial charge in [-0.2, -0.15) is 0 Å². The molecule has 1 rings (SSSR count). The Hall–Kier alpha value is -2.20. The van der Waals surface area contributed by atoms with Gasteiger partial charge in [0.1, 0.15) is 18.1 Å². The summed E-state index contributed by atoms with van der Waals surface area (Å²) in [5, 5.41) is 23.0. The topological polar surface area (TPSA) is 162 Å². The van der Waals surface area contributed by atoms with Crippen LogP contribution in [0.15, 0.2) is 0 Å². The number of nitrogens with one attached hydrogen (secondary N) is 2. The molecule has 10 heteroatoms. The van der Waals surface area contributed by atoms with Crippen molar-refractivity contribution in [1.29, 1.82) is 0 Å². The lowest BCUT2D eigenvalue weighted by Crippen LogP contribution is -2.54. The molecule has 1 aliphatic heterocycles. The van der Waals surface area contributed by atoms with Gasteiger partial charge in [-0.05, 0) is 18.8 Å². The van der Waals surface area contributed by atoms with Crippen LogP contribution >= 0.6 is 0 Å². The molecule has 0 radical (unpaired) electrons. The maximum Gasteiger partial charge on any atom is 0.326 e. The number of aliphatic hydroxyl groups excluding tert-OH is 1. The normalized spacial score (nSPS) is 20.2. The van der Waals surface area contributed by atoms with Gasteiger partial charge in [0.2, 0.25) is 17.7 Å². The summed E-state index contributed by atoms with van der Waals surface area (Å²) in [5.74, 6) is -3.03. The van der Waals surface area contributed by atoms with Crippen LogP contribution in [-0.4, -0.2) is 76.6 Å². The van der Waals surface area contributed by atoms with Crippen molar-refractivity contribution in [3.63, 3.8) is 0 Å². The highest BCUT2D eigenvalue weighted by atomic mass is 16.4. The van der Waals surface area contributed by atoms with Crippen molar-refractivity contribution in [2.75, 3.05) is 19.7 Å². The summed E-state index contributed by atoms with van der Waals surface area (Å²) in [6, 6.07) is -2.87. The van der Waals surface area contributed by atoms with E-state index in [1.807, 2.05) is 6.92 Å². The molecule has 26 heavy (non-hydrogen) atoms. The Morgan fingerprint density at radius 1 is 1.31 bits per heavy atom. The van der Waals surface area contributed by atoms with Crippen molar-refractivity contribution < 1.29 is 29.4 Å². The largest absolute Gasteiger partial charge is 0.480 e. The summed E-state index contributed by atoms with van der Waals surface area (Å²) in [6.45, 7) is 2.98. The highest BCUT2D eigenvalue weighted by Crippen LogP contribution is 2.18. The number of carbonyl (C=O) groups excluding carboxylic acids is 3. The van der Waals surface area contributed by atoms with E-state index in [1.165, 1.54) is 4.90 Å². The lowest BCUT2D eigenvalue weighted by atomic mass is 9.99. The lowest BCUT2D eigenvalue weighted by Gasteiger charge is -2.26. The molecule has 4 unspecified atom stereocenters. The van der Waals surface area contributed by atoms with Gasteiger partial charge in [-0.25, -0.2) is 4.79 Å². The Balaban J connectivity index is 2.58. The fourth-order valence-corrected chi connectivity index (χ4v) is 2.79. The van der Waals surface area contributed by atoms with E-state index in [4.69, 9.17) is 15.9 Å². The van der Waals surface area contributed by atoms with Crippen molar-refractivity contribution in [1.82, 2.24) is 15.5 Å². The Labute approximate surface area is 152 Å². The predicted octanol–water partition coefficient (Wildman–Crippen LogP) is -1.97. The zero-order valence-corrected chi connectivity index (χ0v) is 15.1. The standard InChI is InChI=1S/C16H28N4O6/c1-3-9(2)13(16(25)26)19-12(22)7-18-14(23)11-5-4-6-20(11)15(24)10(17)8-21/h9-11,13,21H,3-8,17H2,1-2H3,(H,18,23)(H,19,22)(H,25,26). The molecular formula is C16H28N4O6. The summed E-state index contributed by atoms with van der Waals surface area (Å²) in [6.07, 6.45) is 1.62. The number of carbonyl (C=O) groups is 4. The van der Waals surface area contributed by atoms with E-state index >= 15 is 0 Å². The van der Waals surface area contributed by atoms with E-state index in [-0.39, 0.29) is 12.5 Å². The third-order valence-electron chi connectivity index (χ3n) is 4.57. The molecule has 1 saturated heterocycles. The number of likely N-dealkylation sites (tertiary alicyclic amines) is 1. The Morgan fingerprint density at radius 3 is 2.50 bits per heavy atom. The molecular weight excluding hydrogens is 344 g/mol. The van der Waals surface area contributed by atoms with Crippen LogP contribution in [0.5, 0.6) is 0 Å². The van der Waals surface area contributed by atoms with Crippen LogP contribution in [0.3, 0.4) is 0 Å². The van der Waals surface area contributed by atoms with Crippen molar-refractivity contribution in [2.24, 2.45) is 11.7 Å². The first-order chi connectivity index (χ1) is 12.2. The summed E-state index contributed by atoms with van der Waals surface area (Å²) in [7, 11) is 0. The number of hydrogen-bond acceptors (Lipinski definition) is 6. The van der Waals surface area contributed by atoms with E-state index in [9.17, 15) is 19.2 Å². The van der Waals surface area contributed by atoms with Gasteiger partial charge in [-0.3, -0.25) is 14.4 Å². The summed E-state index contributed by atoms with van der Waals surface area (Å²) in [4.78, 5) is 48.8. The van der Waals surface area contributed by atoms with Gasteiger partial charge >= 0.3 is 5.97 Å². The van der Waals surface area contributed by atoms with Crippen molar-refractivity contribution in [2.45, 2.75) is 51.2 Å². The molecule has 1 aliphatic rings. The highest BCUT2D eigenvalue weighted by molar-refractivity contribution is 5.93. The predicted molar refractivity (Wildman–Crippen MR) is 91.8 cm³/mol. The molecule has 4 atom stereocenters. The van der Waals surface area contributed by atoms with Crippen LogP contribution in [0.4, 0.5) is 0 Å². The minimum Gasteiger partial charge on any atom is -0.480 e. The van der Waals surface area contributed by atoms with Crippen molar-refractivity contribution in [3.8, 4) is 0 Å². The number of nitrogens with two attached hydrogens (primary N) is 1. The van der Waals surface area contributed by atoms with Crippen LogP contribution in [-0.2, 0) is 19.2 Å². The lowest BCUT2D eigenvalue weighted by molar-refractivity contribution is -0.143. The molecule has 0 aromatic heterocycles. The molecule has 0 spiro atoms. The fourth-order valence-electron chi connectivity index (χ4n) is 2.79. The molecule has 0 saturated carbocycles. The van der Waals surface area contributed by atoms with Crippen LogP contribution < -0.4 is 16.4 Å². The molecule has 3 amide bonds. The first-order valence-corrected chi connectivity index (χ1v) is 8.69. The van der Waals surface area contributed by atoms with Crippen LogP contribution in [0, 0.1) is 5.92 Å². The Kier molecular flexibility index (Phi) is 8.46. The second-order valence-electron chi connectivity index (χ2n) is 6.47. The number of hydrogen-bond donors (Lipinski definition) is 5. The second kappa shape index (κ2) is 10.1. The first kappa shape index (κ1) is 21.8. The number of aliphatic hydroxyl groups is 1. The average molecular weight is 372 g/mol. The first-order valence-electron chi connectivity index (χ1n) is 8.69. The van der Waals surface area contributed by atoms with Gasteiger partial charge in [0.05, 0.1) is 13.2 Å². The van der Waals surface area contributed by atoms with Gasteiger partial charge in [0, 0.05) is 6.54 Å². The fraction of sp³-hybridized carbons (Fsp3) is 0.750. The minimum atomic E-state index is -1.13. The van der Waals surface area contributed by atoms with E-state index in [2.05, 4.69) is 10.6 Å². The number of aliphatic carboxylic acids is 1. The summed E-state index contributed by atoms with van der Waals surface area (Å²) >= 11 is 0. The van der Waals surface area contributed by atoms with Crippen LogP contribution in [0.25, 0.3) is 0 Å². The second-order valence-corrected chi connectivity index (χ2v) is 6.47. The molecule has 0 bridgehead atoms. The zero-order chi connectivity index (χ0) is 19.9. The SMILES string of the molecule is CCC(C)C(NC(=O)CNC(=O)C1CCCN1C(=O)C(N)CO)C(=O)O. The van der Waals surface area contributed by atoms with Crippen molar-refractivity contribution in [3.05, 3.63) is 0 Å². The van der Waals surface area contributed by atoms with Crippen LogP contribution in [0.1, 0.15) is 33.1 Å². The zero-order valence-electron chi connectivity index (χ0n) is 15.1. The average Bonchev–Trinajstić information content (AvgIpc) is 3.11. The van der Waals surface area contributed by atoms with Crippen LogP contribution in [0.2, 0.25) is 0 Å². The maximum absolute atomic E-state index is 12.3. The van der Waals surface area contributed by atoms with E-state index in [1.54, 1.807) is 6.92 Å². The van der Waals surface area contributed by atoms with E-state index in [0.717, 1.165) is 0 Å². The van der Waals surface area contributed by atoms with E-state index in [0.29, 0.717) is 25.8 Å². The van der Waals surface area contributed by atoms with Gasteiger partial charge in [0.15, 0.2) is 0 Å². The third-order valence-corrected chi connectivity index (χ3v) is 4.57. The smallest absolute Gasteiger partial charge is 0.326 e. The number of amides is 3. The van der Waals surface area contributed by atoms with Crippen molar-refractivity contribution >= 4 is 23.7 Å².